The zero-order valence-corrected chi connectivity index (χ0v) is 14.6. The molecule has 0 spiro atoms. The molecule has 1 amide bonds. The number of hydrogen-bond acceptors (Lipinski definition) is 2. The molecule has 1 heterocycles. The topological polar surface area (TPSA) is 33.2 Å². The summed E-state index contributed by atoms with van der Waals surface area (Å²) in [5.41, 5.74) is 1.73. The second-order valence-electron chi connectivity index (χ2n) is 5.08. The van der Waals surface area contributed by atoms with E-state index in [1.807, 2.05) is 72.8 Å². The van der Waals surface area contributed by atoms with E-state index in [2.05, 4.69) is 27.6 Å². The van der Waals surface area contributed by atoms with Gasteiger partial charge in [0.25, 0.3) is 5.91 Å². The number of halogens is 1. The molecular formula is C19H15IN2O. The Kier molecular flexibility index (Phi) is 5.02. The number of pyridine rings is 1. The first-order chi connectivity index (χ1) is 11.2. The van der Waals surface area contributed by atoms with E-state index in [9.17, 15) is 4.79 Å². The van der Waals surface area contributed by atoms with Crippen LogP contribution in [-0.4, -0.2) is 10.9 Å². The van der Waals surface area contributed by atoms with Crippen LogP contribution < -0.4 is 4.90 Å². The number of carbonyl (C=O) groups is 1. The summed E-state index contributed by atoms with van der Waals surface area (Å²) in [6, 6.07) is 23.1. The van der Waals surface area contributed by atoms with Crippen molar-refractivity contribution in [3.8, 4) is 0 Å². The van der Waals surface area contributed by atoms with Crippen LogP contribution in [0.4, 0.5) is 5.82 Å². The first-order valence-electron chi connectivity index (χ1n) is 7.26. The molecular weight excluding hydrogens is 399 g/mol. The third-order valence-corrected chi connectivity index (χ3v) is 4.10. The predicted octanol–water partition coefficient (Wildman–Crippen LogP) is 4.53. The summed E-state index contributed by atoms with van der Waals surface area (Å²) in [5, 5.41) is 0. The molecule has 0 fully saturated rings. The lowest BCUT2D eigenvalue weighted by molar-refractivity contribution is 0.0984. The molecule has 3 rings (SSSR count). The Morgan fingerprint density at radius 3 is 2.43 bits per heavy atom. The van der Waals surface area contributed by atoms with E-state index < -0.39 is 0 Å². The maximum Gasteiger partial charge on any atom is 0.259 e. The molecule has 23 heavy (non-hydrogen) atoms. The Labute approximate surface area is 149 Å². The minimum atomic E-state index is -0.0499. The molecule has 0 radical (unpaired) electrons. The molecule has 0 saturated heterocycles. The molecule has 0 aliphatic rings. The fraction of sp³-hybridized carbons (Fsp3) is 0.0526. The number of nitrogens with zero attached hydrogens (tertiary/aromatic N) is 2. The number of hydrogen-bond donors (Lipinski definition) is 0. The highest BCUT2D eigenvalue weighted by atomic mass is 127. The molecule has 0 aliphatic heterocycles. The van der Waals surface area contributed by atoms with Crippen LogP contribution in [0.25, 0.3) is 0 Å². The minimum absolute atomic E-state index is 0.0499. The average molecular weight is 414 g/mol. The molecule has 114 valence electrons. The SMILES string of the molecule is O=C(c1cccc(I)c1)N(Cc1ccccc1)c1ccccn1. The van der Waals surface area contributed by atoms with E-state index >= 15 is 0 Å². The second-order valence-corrected chi connectivity index (χ2v) is 6.32. The van der Waals surface area contributed by atoms with Crippen molar-refractivity contribution in [2.75, 3.05) is 4.90 Å². The second kappa shape index (κ2) is 7.37. The summed E-state index contributed by atoms with van der Waals surface area (Å²) in [6.07, 6.45) is 1.70. The molecule has 1 aromatic heterocycles. The van der Waals surface area contributed by atoms with Gasteiger partial charge < -0.3 is 0 Å². The molecule has 0 atom stereocenters. The molecule has 0 unspecified atom stereocenters. The Balaban J connectivity index is 1.96. The molecule has 0 N–H and O–H groups in total. The highest BCUT2D eigenvalue weighted by Gasteiger charge is 2.19. The summed E-state index contributed by atoms with van der Waals surface area (Å²) in [5.74, 6) is 0.603. The van der Waals surface area contributed by atoms with Gasteiger partial charge in [0.05, 0.1) is 6.54 Å². The molecule has 3 aromatic rings. The van der Waals surface area contributed by atoms with Crippen LogP contribution >= 0.6 is 22.6 Å². The summed E-state index contributed by atoms with van der Waals surface area (Å²) in [4.78, 5) is 19.0. The standard InChI is InChI=1S/C19H15IN2O/c20-17-10-6-9-16(13-17)19(23)22(18-11-4-5-12-21-18)14-15-7-2-1-3-8-15/h1-13H,14H2. The van der Waals surface area contributed by atoms with Crippen LogP contribution in [0.3, 0.4) is 0 Å². The van der Waals surface area contributed by atoms with Gasteiger partial charge in [-0.3, -0.25) is 9.69 Å². The van der Waals surface area contributed by atoms with Gasteiger partial charge in [0.1, 0.15) is 5.82 Å². The van der Waals surface area contributed by atoms with Crippen molar-refractivity contribution < 1.29 is 4.79 Å². The summed E-state index contributed by atoms with van der Waals surface area (Å²) in [7, 11) is 0. The van der Waals surface area contributed by atoms with Crippen LogP contribution in [0.5, 0.6) is 0 Å². The number of carbonyl (C=O) groups excluding carboxylic acids is 1. The minimum Gasteiger partial charge on any atom is -0.288 e. The Hall–Kier alpha value is -2.21. The largest absolute Gasteiger partial charge is 0.288 e. The predicted molar refractivity (Wildman–Crippen MR) is 100 cm³/mol. The molecule has 4 heteroatoms. The number of amides is 1. The summed E-state index contributed by atoms with van der Waals surface area (Å²) >= 11 is 2.21. The van der Waals surface area contributed by atoms with Crippen LogP contribution in [0.1, 0.15) is 15.9 Å². The molecule has 0 aliphatic carbocycles. The zero-order valence-electron chi connectivity index (χ0n) is 12.4. The maximum absolute atomic E-state index is 13.0. The van der Waals surface area contributed by atoms with Gasteiger partial charge in [-0.1, -0.05) is 42.5 Å². The van der Waals surface area contributed by atoms with E-state index in [-0.39, 0.29) is 5.91 Å². The lowest BCUT2D eigenvalue weighted by Gasteiger charge is -2.22. The van der Waals surface area contributed by atoms with Gasteiger partial charge in [-0.05, 0) is 58.5 Å². The lowest BCUT2D eigenvalue weighted by Crippen LogP contribution is -2.31. The molecule has 0 bridgehead atoms. The van der Waals surface area contributed by atoms with E-state index in [0.717, 1.165) is 9.13 Å². The van der Waals surface area contributed by atoms with E-state index in [1.54, 1.807) is 11.1 Å². The van der Waals surface area contributed by atoms with Crippen molar-refractivity contribution in [3.05, 3.63) is 93.7 Å². The zero-order chi connectivity index (χ0) is 16.1. The molecule has 2 aromatic carbocycles. The first kappa shape index (κ1) is 15.7. The van der Waals surface area contributed by atoms with Gasteiger partial charge in [-0.15, -0.1) is 0 Å². The van der Waals surface area contributed by atoms with E-state index in [1.165, 1.54) is 0 Å². The monoisotopic (exact) mass is 414 g/mol. The number of aromatic nitrogens is 1. The average Bonchev–Trinajstić information content (AvgIpc) is 2.61. The van der Waals surface area contributed by atoms with Crippen molar-refractivity contribution >= 4 is 34.3 Å². The Morgan fingerprint density at radius 2 is 1.74 bits per heavy atom. The fourth-order valence-electron chi connectivity index (χ4n) is 2.31. The lowest BCUT2D eigenvalue weighted by atomic mass is 10.1. The van der Waals surface area contributed by atoms with Crippen LogP contribution in [0.2, 0.25) is 0 Å². The number of benzene rings is 2. The van der Waals surface area contributed by atoms with E-state index in [0.29, 0.717) is 17.9 Å². The van der Waals surface area contributed by atoms with Crippen molar-refractivity contribution in [2.45, 2.75) is 6.54 Å². The van der Waals surface area contributed by atoms with Crippen molar-refractivity contribution in [2.24, 2.45) is 0 Å². The van der Waals surface area contributed by atoms with Crippen LogP contribution in [0.15, 0.2) is 79.0 Å². The number of anilines is 1. The quantitative estimate of drug-likeness (QED) is 0.588. The highest BCUT2D eigenvalue weighted by molar-refractivity contribution is 14.1. The Bertz CT molecular complexity index is 791. The third kappa shape index (κ3) is 3.96. The highest BCUT2D eigenvalue weighted by Crippen LogP contribution is 2.19. The maximum atomic E-state index is 13.0. The summed E-state index contributed by atoms with van der Waals surface area (Å²) < 4.78 is 1.04. The van der Waals surface area contributed by atoms with Gasteiger partial charge >= 0.3 is 0 Å². The smallest absolute Gasteiger partial charge is 0.259 e. The van der Waals surface area contributed by atoms with Gasteiger partial charge in [-0.25, -0.2) is 4.98 Å². The summed E-state index contributed by atoms with van der Waals surface area (Å²) in [6.45, 7) is 0.488. The van der Waals surface area contributed by atoms with Gasteiger partial charge in [0, 0.05) is 15.3 Å². The van der Waals surface area contributed by atoms with Gasteiger partial charge in [-0.2, -0.15) is 0 Å². The molecule has 0 saturated carbocycles. The van der Waals surface area contributed by atoms with Crippen molar-refractivity contribution in [1.29, 1.82) is 0 Å². The Morgan fingerprint density at radius 1 is 0.957 bits per heavy atom. The van der Waals surface area contributed by atoms with Crippen LogP contribution in [-0.2, 0) is 6.54 Å². The van der Waals surface area contributed by atoms with Gasteiger partial charge in [0.2, 0.25) is 0 Å². The fourth-order valence-corrected chi connectivity index (χ4v) is 2.86. The first-order valence-corrected chi connectivity index (χ1v) is 8.34. The number of rotatable bonds is 4. The van der Waals surface area contributed by atoms with E-state index in [4.69, 9.17) is 0 Å². The van der Waals surface area contributed by atoms with Crippen LogP contribution in [0, 0.1) is 3.57 Å². The third-order valence-electron chi connectivity index (χ3n) is 3.43. The van der Waals surface area contributed by atoms with Crippen molar-refractivity contribution in [1.82, 2.24) is 4.98 Å². The normalized spacial score (nSPS) is 10.3. The molecule has 3 nitrogen and oxygen atoms in total. The van der Waals surface area contributed by atoms with Crippen molar-refractivity contribution in [3.63, 3.8) is 0 Å². The van der Waals surface area contributed by atoms with Gasteiger partial charge in [0.15, 0.2) is 0 Å².